The summed E-state index contributed by atoms with van der Waals surface area (Å²) in [6, 6.07) is 16.5. The van der Waals surface area contributed by atoms with Crippen molar-refractivity contribution in [1.29, 1.82) is 0 Å². The number of halogens is 3. The number of rotatable bonds is 3. The fraction of sp³-hybridized carbons (Fsp3) is 0.133. The Morgan fingerprint density at radius 2 is 1.62 bits per heavy atom. The van der Waals surface area contributed by atoms with Crippen LogP contribution in [0.4, 0.5) is 13.2 Å². The van der Waals surface area contributed by atoms with E-state index in [0.29, 0.717) is 6.54 Å². The topological polar surface area (TPSA) is 13.1 Å². The van der Waals surface area contributed by atoms with Gasteiger partial charge in [-0.15, -0.1) is 17.7 Å². The van der Waals surface area contributed by atoms with E-state index >= 15 is 0 Å². The Labute approximate surface area is 123 Å². The van der Waals surface area contributed by atoms with E-state index in [1.165, 1.54) is 0 Å². The van der Waals surface area contributed by atoms with Crippen LogP contribution in [0.2, 0.25) is 0 Å². The van der Waals surface area contributed by atoms with Gasteiger partial charge in [0.1, 0.15) is 4.70 Å². The van der Waals surface area contributed by atoms with E-state index in [2.05, 4.69) is 4.74 Å². The maximum Gasteiger partial charge on any atom is 0.577 e. The number of para-hydroxylation sites is 1. The summed E-state index contributed by atoms with van der Waals surface area (Å²) in [5, 5.41) is -0.160. The Balaban J connectivity index is 2.07. The van der Waals surface area contributed by atoms with Crippen molar-refractivity contribution in [2.75, 3.05) is 0 Å². The summed E-state index contributed by atoms with van der Waals surface area (Å²) in [5.74, 6) is 0. The fourth-order valence-corrected chi connectivity index (χ4v) is 3.13. The minimum absolute atomic E-state index is 0.160. The molecular formula is C15H11F3NOS+. The van der Waals surface area contributed by atoms with Crippen LogP contribution >= 0.6 is 11.3 Å². The number of fused-ring (bicyclic) bond motifs is 1. The first kappa shape index (κ1) is 13.9. The highest BCUT2D eigenvalue weighted by atomic mass is 32.1. The van der Waals surface area contributed by atoms with Crippen molar-refractivity contribution in [3.05, 3.63) is 60.2 Å². The van der Waals surface area contributed by atoms with Gasteiger partial charge >= 0.3 is 11.6 Å². The van der Waals surface area contributed by atoms with E-state index in [9.17, 15) is 13.2 Å². The molecule has 21 heavy (non-hydrogen) atoms. The molecule has 3 aromatic rings. The molecule has 0 saturated carbocycles. The molecule has 6 heteroatoms. The minimum Gasteiger partial charge on any atom is -0.342 e. The summed E-state index contributed by atoms with van der Waals surface area (Å²) in [4.78, 5) is 0. The number of alkyl halides is 3. The zero-order valence-corrected chi connectivity index (χ0v) is 11.6. The molecule has 2 aromatic carbocycles. The van der Waals surface area contributed by atoms with Gasteiger partial charge in [-0.1, -0.05) is 42.5 Å². The van der Waals surface area contributed by atoms with Crippen LogP contribution in [-0.2, 0) is 6.54 Å². The number of nitrogens with zero attached hydrogens (tertiary/aromatic N) is 1. The highest BCUT2D eigenvalue weighted by Crippen LogP contribution is 2.30. The highest BCUT2D eigenvalue weighted by molar-refractivity contribution is 7.19. The van der Waals surface area contributed by atoms with Gasteiger partial charge in [0.15, 0.2) is 6.54 Å². The van der Waals surface area contributed by atoms with Gasteiger partial charge in [0, 0.05) is 11.6 Å². The van der Waals surface area contributed by atoms with Gasteiger partial charge in [0.2, 0.25) is 5.52 Å². The quantitative estimate of drug-likeness (QED) is 0.663. The molecule has 0 spiro atoms. The molecular weight excluding hydrogens is 299 g/mol. The van der Waals surface area contributed by atoms with E-state index in [4.69, 9.17) is 0 Å². The van der Waals surface area contributed by atoms with E-state index < -0.39 is 6.36 Å². The summed E-state index contributed by atoms with van der Waals surface area (Å²) in [5.41, 5.74) is 1.64. The second kappa shape index (κ2) is 5.37. The smallest absolute Gasteiger partial charge is 0.342 e. The first-order chi connectivity index (χ1) is 10.0. The first-order valence-electron chi connectivity index (χ1n) is 6.24. The Morgan fingerprint density at radius 3 is 2.33 bits per heavy atom. The number of hydrogen-bond acceptors (Lipinski definition) is 2. The van der Waals surface area contributed by atoms with Crippen LogP contribution in [0.1, 0.15) is 5.56 Å². The van der Waals surface area contributed by atoms with Crippen molar-refractivity contribution < 1.29 is 22.5 Å². The van der Waals surface area contributed by atoms with Gasteiger partial charge in [-0.2, -0.15) is 0 Å². The third kappa shape index (κ3) is 3.16. The van der Waals surface area contributed by atoms with Gasteiger partial charge in [-0.05, 0) is 17.4 Å². The lowest BCUT2D eigenvalue weighted by Crippen LogP contribution is -2.37. The van der Waals surface area contributed by atoms with Crippen LogP contribution in [0.5, 0.6) is 5.19 Å². The summed E-state index contributed by atoms with van der Waals surface area (Å²) in [6.07, 6.45) is -4.70. The molecule has 0 atom stereocenters. The molecule has 0 amide bonds. The standard InChI is InChI=1S/C15H11F3NOS/c16-15(17,18)20-14-19(10-11-6-2-1-3-7-11)12-8-4-5-9-13(12)21-14/h1-9H,10H2/q+1. The van der Waals surface area contributed by atoms with Gasteiger partial charge in [-0.25, -0.2) is 0 Å². The van der Waals surface area contributed by atoms with Crippen LogP contribution < -0.4 is 9.30 Å². The summed E-state index contributed by atoms with van der Waals surface area (Å²) >= 11 is 0.991. The first-order valence-corrected chi connectivity index (χ1v) is 7.05. The number of benzene rings is 2. The zero-order valence-electron chi connectivity index (χ0n) is 10.8. The molecule has 0 radical (unpaired) electrons. The van der Waals surface area contributed by atoms with Crippen LogP contribution in [0.3, 0.4) is 0 Å². The van der Waals surface area contributed by atoms with Gasteiger partial charge in [0.05, 0.1) is 0 Å². The maximum atomic E-state index is 12.6. The van der Waals surface area contributed by atoms with Gasteiger partial charge in [-0.3, -0.25) is 0 Å². The lowest BCUT2D eigenvalue weighted by molar-refractivity contribution is -0.668. The molecule has 0 N–H and O–H groups in total. The summed E-state index contributed by atoms with van der Waals surface area (Å²) in [7, 11) is 0. The molecule has 0 saturated heterocycles. The van der Waals surface area contributed by atoms with Crippen LogP contribution in [0, 0.1) is 0 Å². The normalized spacial score (nSPS) is 11.8. The SMILES string of the molecule is FC(F)(F)Oc1sc2ccccc2[n+]1Cc1ccccc1. The second-order valence-corrected chi connectivity index (χ2v) is 5.45. The van der Waals surface area contributed by atoms with Gasteiger partial charge in [0.25, 0.3) is 0 Å². The summed E-state index contributed by atoms with van der Waals surface area (Å²) in [6.45, 7) is 0.330. The number of ether oxygens (including phenoxy) is 1. The average Bonchev–Trinajstić information content (AvgIpc) is 2.76. The third-order valence-electron chi connectivity index (χ3n) is 2.96. The van der Waals surface area contributed by atoms with Crippen molar-refractivity contribution in [2.24, 2.45) is 0 Å². The largest absolute Gasteiger partial charge is 0.577 e. The molecule has 0 bridgehead atoms. The molecule has 0 aliphatic carbocycles. The molecule has 1 heterocycles. The Kier molecular flexibility index (Phi) is 3.55. The van der Waals surface area contributed by atoms with Crippen molar-refractivity contribution in [1.82, 2.24) is 0 Å². The van der Waals surface area contributed by atoms with Crippen molar-refractivity contribution in [3.8, 4) is 5.19 Å². The molecule has 1 aromatic heterocycles. The molecule has 0 aliphatic rings. The zero-order chi connectivity index (χ0) is 14.9. The van der Waals surface area contributed by atoms with E-state index in [0.717, 1.165) is 27.1 Å². The lowest BCUT2D eigenvalue weighted by atomic mass is 10.2. The minimum atomic E-state index is -4.70. The summed E-state index contributed by atoms with van der Waals surface area (Å²) < 4.78 is 44.2. The Bertz CT molecular complexity index is 752. The van der Waals surface area contributed by atoms with E-state index in [1.807, 2.05) is 30.3 Å². The predicted molar refractivity (Wildman–Crippen MR) is 74.2 cm³/mol. The van der Waals surface area contributed by atoms with Crippen molar-refractivity contribution >= 4 is 21.6 Å². The Hall–Kier alpha value is -2.08. The predicted octanol–water partition coefficient (Wildman–Crippen LogP) is 4.14. The number of thiazole rings is 1. The van der Waals surface area contributed by atoms with Crippen LogP contribution in [0.15, 0.2) is 54.6 Å². The molecule has 0 fully saturated rings. The van der Waals surface area contributed by atoms with Crippen molar-refractivity contribution in [2.45, 2.75) is 12.9 Å². The lowest BCUT2D eigenvalue weighted by Gasteiger charge is -2.04. The van der Waals surface area contributed by atoms with Crippen molar-refractivity contribution in [3.63, 3.8) is 0 Å². The van der Waals surface area contributed by atoms with Crippen LogP contribution in [0.25, 0.3) is 10.2 Å². The molecule has 2 nitrogen and oxygen atoms in total. The van der Waals surface area contributed by atoms with Crippen LogP contribution in [-0.4, -0.2) is 6.36 Å². The fourth-order valence-electron chi connectivity index (χ4n) is 2.10. The molecule has 3 rings (SSSR count). The molecule has 0 unspecified atom stereocenters. The average molecular weight is 310 g/mol. The van der Waals surface area contributed by atoms with E-state index in [-0.39, 0.29) is 5.19 Å². The molecule has 108 valence electrons. The number of hydrogen-bond donors (Lipinski definition) is 0. The Morgan fingerprint density at radius 1 is 0.952 bits per heavy atom. The second-order valence-electron chi connectivity index (χ2n) is 4.46. The van der Waals surface area contributed by atoms with Gasteiger partial charge < -0.3 is 4.74 Å². The molecule has 0 aliphatic heterocycles. The van der Waals surface area contributed by atoms with E-state index in [1.54, 1.807) is 28.8 Å². The monoisotopic (exact) mass is 310 g/mol. The highest BCUT2D eigenvalue weighted by Gasteiger charge is 2.37. The third-order valence-corrected chi connectivity index (χ3v) is 4.00. The number of aromatic nitrogens is 1. The maximum absolute atomic E-state index is 12.6.